The molecule has 1 aromatic rings. The van der Waals surface area contributed by atoms with Crippen LogP contribution in [0.4, 0.5) is 5.69 Å². The first kappa shape index (κ1) is 13.2. The van der Waals surface area contributed by atoms with Gasteiger partial charge in [-0.25, -0.2) is 0 Å². The molecule has 0 saturated carbocycles. The van der Waals surface area contributed by atoms with Gasteiger partial charge in [-0.1, -0.05) is 12.1 Å². The van der Waals surface area contributed by atoms with E-state index in [1.165, 1.54) is 12.1 Å². The van der Waals surface area contributed by atoms with Crippen LogP contribution in [0.3, 0.4) is 0 Å². The van der Waals surface area contributed by atoms with Crippen molar-refractivity contribution in [1.29, 1.82) is 0 Å². The monoisotopic (exact) mass is 237 g/mol. The predicted molar refractivity (Wildman–Crippen MR) is 62.7 cm³/mol. The fourth-order valence-corrected chi connectivity index (χ4v) is 1.52. The van der Waals surface area contributed by atoms with E-state index in [9.17, 15) is 14.9 Å². The summed E-state index contributed by atoms with van der Waals surface area (Å²) in [7, 11) is 0. The number of non-ortho nitro benzene ring substituents is 1. The van der Waals surface area contributed by atoms with E-state index in [2.05, 4.69) is 4.74 Å². The summed E-state index contributed by atoms with van der Waals surface area (Å²) in [5.41, 5.74) is 1.21. The molecule has 0 N–H and O–H groups in total. The molecule has 92 valence electrons. The summed E-state index contributed by atoms with van der Waals surface area (Å²) in [5, 5.41) is 10.4. The molecule has 0 aliphatic carbocycles. The summed E-state index contributed by atoms with van der Waals surface area (Å²) >= 11 is 0. The highest BCUT2D eigenvalue weighted by Gasteiger charge is 2.03. The summed E-state index contributed by atoms with van der Waals surface area (Å²) in [4.78, 5) is 19.9. The van der Waals surface area contributed by atoms with Crippen molar-refractivity contribution in [2.75, 3.05) is 6.61 Å². The van der Waals surface area contributed by atoms with E-state index in [-0.39, 0.29) is 5.69 Å². The third-order valence-corrected chi connectivity index (χ3v) is 2.44. The highest BCUT2D eigenvalue weighted by molar-refractivity contribution is 5.36. The number of unbranched alkanes of at least 4 members (excludes halogenated alkanes) is 2. The summed E-state index contributed by atoms with van der Waals surface area (Å²) < 4.78 is 4.57. The van der Waals surface area contributed by atoms with Crippen molar-refractivity contribution in [2.45, 2.75) is 25.7 Å². The molecule has 0 amide bonds. The maximum absolute atomic E-state index is 10.4. The number of aryl methyl sites for hydroxylation is 1. The molecule has 0 atom stereocenters. The van der Waals surface area contributed by atoms with Gasteiger partial charge in [-0.3, -0.25) is 14.9 Å². The van der Waals surface area contributed by atoms with Crippen LogP contribution in [0, 0.1) is 10.1 Å². The summed E-state index contributed by atoms with van der Waals surface area (Å²) in [6.07, 6.45) is 3.70. The van der Waals surface area contributed by atoms with Crippen LogP contribution in [0.15, 0.2) is 24.3 Å². The van der Waals surface area contributed by atoms with Gasteiger partial charge in [0.05, 0.1) is 11.5 Å². The SMILES string of the molecule is O=COCCCCCc1ccc([N+](=O)[O-])cc1. The Balaban J connectivity index is 2.23. The maximum Gasteiger partial charge on any atom is 0.293 e. The molecule has 0 bridgehead atoms. The highest BCUT2D eigenvalue weighted by Crippen LogP contribution is 2.13. The van der Waals surface area contributed by atoms with E-state index >= 15 is 0 Å². The minimum Gasteiger partial charge on any atom is -0.468 e. The highest BCUT2D eigenvalue weighted by atomic mass is 16.6. The first-order chi connectivity index (χ1) is 8.24. The van der Waals surface area contributed by atoms with Gasteiger partial charge >= 0.3 is 0 Å². The van der Waals surface area contributed by atoms with Crippen LogP contribution >= 0.6 is 0 Å². The van der Waals surface area contributed by atoms with Gasteiger partial charge in [0.1, 0.15) is 0 Å². The van der Waals surface area contributed by atoms with Gasteiger partial charge in [0.2, 0.25) is 0 Å². The van der Waals surface area contributed by atoms with Crippen LogP contribution in [0.1, 0.15) is 24.8 Å². The molecule has 5 nitrogen and oxygen atoms in total. The maximum atomic E-state index is 10.4. The Labute approximate surface area is 99.5 Å². The van der Waals surface area contributed by atoms with E-state index in [4.69, 9.17) is 0 Å². The second-order valence-corrected chi connectivity index (χ2v) is 3.70. The normalized spacial score (nSPS) is 9.88. The average Bonchev–Trinajstić information content (AvgIpc) is 2.34. The zero-order valence-corrected chi connectivity index (χ0v) is 9.50. The number of nitro groups is 1. The fraction of sp³-hybridized carbons (Fsp3) is 0.417. The number of carbonyl (C=O) groups is 1. The van der Waals surface area contributed by atoms with Crippen LogP contribution in [0.25, 0.3) is 0 Å². The summed E-state index contributed by atoms with van der Waals surface area (Å²) in [5.74, 6) is 0. The molecular weight excluding hydrogens is 222 g/mol. The Kier molecular flexibility index (Phi) is 5.71. The van der Waals surface area contributed by atoms with Gasteiger partial charge in [-0.15, -0.1) is 0 Å². The van der Waals surface area contributed by atoms with Crippen LogP contribution in [0.2, 0.25) is 0 Å². The van der Waals surface area contributed by atoms with Gasteiger partial charge < -0.3 is 4.74 Å². The quantitative estimate of drug-likeness (QED) is 0.301. The van der Waals surface area contributed by atoms with E-state index in [1.807, 2.05) is 0 Å². The zero-order valence-electron chi connectivity index (χ0n) is 9.50. The number of hydrogen-bond donors (Lipinski definition) is 0. The lowest BCUT2D eigenvalue weighted by Gasteiger charge is -2.01. The van der Waals surface area contributed by atoms with Crippen molar-refractivity contribution in [3.8, 4) is 0 Å². The molecule has 0 saturated heterocycles. The third kappa shape index (κ3) is 5.10. The Morgan fingerprint density at radius 2 is 1.88 bits per heavy atom. The number of benzene rings is 1. The molecule has 0 fully saturated rings. The van der Waals surface area contributed by atoms with Crippen molar-refractivity contribution in [3.05, 3.63) is 39.9 Å². The minimum absolute atomic E-state index is 0.119. The molecule has 5 heteroatoms. The lowest BCUT2D eigenvalue weighted by molar-refractivity contribution is -0.384. The van der Waals surface area contributed by atoms with Gasteiger partial charge in [0.15, 0.2) is 0 Å². The Hall–Kier alpha value is -1.91. The van der Waals surface area contributed by atoms with Gasteiger partial charge in [-0.05, 0) is 31.2 Å². The van der Waals surface area contributed by atoms with Gasteiger partial charge in [0.25, 0.3) is 12.2 Å². The van der Waals surface area contributed by atoms with Gasteiger partial charge in [-0.2, -0.15) is 0 Å². The van der Waals surface area contributed by atoms with Crippen molar-refractivity contribution in [3.63, 3.8) is 0 Å². The Bertz CT molecular complexity index is 361. The third-order valence-electron chi connectivity index (χ3n) is 2.44. The topological polar surface area (TPSA) is 69.4 Å². The van der Waals surface area contributed by atoms with E-state index < -0.39 is 4.92 Å². The number of hydrogen-bond acceptors (Lipinski definition) is 4. The lowest BCUT2D eigenvalue weighted by Crippen LogP contribution is -1.93. The summed E-state index contributed by atoms with van der Waals surface area (Å²) in [6, 6.07) is 6.59. The largest absolute Gasteiger partial charge is 0.468 e. The summed E-state index contributed by atoms with van der Waals surface area (Å²) in [6.45, 7) is 0.917. The number of ether oxygens (including phenoxy) is 1. The molecule has 1 rings (SSSR count). The van der Waals surface area contributed by atoms with E-state index in [1.54, 1.807) is 12.1 Å². The Morgan fingerprint density at radius 1 is 1.18 bits per heavy atom. The van der Waals surface area contributed by atoms with Crippen LogP contribution < -0.4 is 0 Å². The molecule has 0 aromatic heterocycles. The second kappa shape index (κ2) is 7.38. The molecule has 0 aliphatic heterocycles. The first-order valence-corrected chi connectivity index (χ1v) is 5.52. The average molecular weight is 237 g/mol. The molecule has 0 radical (unpaired) electrons. The number of nitrogens with zero attached hydrogens (tertiary/aromatic N) is 1. The fourth-order valence-electron chi connectivity index (χ4n) is 1.52. The van der Waals surface area contributed by atoms with Crippen molar-refractivity contribution in [2.24, 2.45) is 0 Å². The predicted octanol–water partition coefficient (Wildman–Crippen LogP) is 2.48. The van der Waals surface area contributed by atoms with Crippen molar-refractivity contribution < 1.29 is 14.5 Å². The molecule has 0 heterocycles. The van der Waals surface area contributed by atoms with Crippen molar-refractivity contribution >= 4 is 12.2 Å². The zero-order chi connectivity index (χ0) is 12.5. The van der Waals surface area contributed by atoms with Crippen molar-refractivity contribution in [1.82, 2.24) is 0 Å². The first-order valence-electron chi connectivity index (χ1n) is 5.52. The lowest BCUT2D eigenvalue weighted by atomic mass is 10.1. The number of rotatable bonds is 8. The number of nitro benzene ring substituents is 1. The van der Waals surface area contributed by atoms with Crippen LogP contribution in [-0.4, -0.2) is 18.0 Å². The molecule has 0 aliphatic rings. The minimum atomic E-state index is -0.402. The van der Waals surface area contributed by atoms with E-state index in [0.29, 0.717) is 13.1 Å². The molecule has 0 spiro atoms. The van der Waals surface area contributed by atoms with E-state index in [0.717, 1.165) is 31.2 Å². The Morgan fingerprint density at radius 3 is 2.47 bits per heavy atom. The molecule has 0 unspecified atom stereocenters. The standard InChI is InChI=1S/C12H15NO4/c14-10-17-9-3-1-2-4-11-5-7-12(8-6-11)13(15)16/h5-8,10H,1-4,9H2. The molecular formula is C12H15NO4. The van der Waals surface area contributed by atoms with Crippen LogP contribution in [-0.2, 0) is 16.0 Å². The molecule has 1 aromatic carbocycles. The second-order valence-electron chi connectivity index (χ2n) is 3.70. The molecule has 17 heavy (non-hydrogen) atoms. The van der Waals surface area contributed by atoms with Gasteiger partial charge in [0, 0.05) is 12.1 Å². The smallest absolute Gasteiger partial charge is 0.293 e. The number of carbonyl (C=O) groups excluding carboxylic acids is 1. The van der Waals surface area contributed by atoms with Crippen LogP contribution in [0.5, 0.6) is 0 Å².